The van der Waals surface area contributed by atoms with Crippen molar-refractivity contribution in [3.8, 4) is 0 Å². The number of halogens is 1. The van der Waals surface area contributed by atoms with E-state index in [1.54, 1.807) is 13.2 Å². The molecular weight excluding hydrogens is 253 g/mol. The molecule has 0 aliphatic carbocycles. The van der Waals surface area contributed by atoms with Crippen molar-refractivity contribution in [3.63, 3.8) is 0 Å². The van der Waals surface area contributed by atoms with Crippen molar-refractivity contribution in [2.24, 2.45) is 0 Å². The summed E-state index contributed by atoms with van der Waals surface area (Å²) in [6.07, 6.45) is -0.238. The summed E-state index contributed by atoms with van der Waals surface area (Å²) in [5.74, 6) is -0.215. The van der Waals surface area contributed by atoms with Crippen molar-refractivity contribution in [2.45, 2.75) is 19.1 Å². The maximum atomic E-state index is 14.1. The Hall–Kier alpha value is -1.71. The van der Waals surface area contributed by atoms with Crippen molar-refractivity contribution >= 4 is 0 Å². The van der Waals surface area contributed by atoms with Gasteiger partial charge in [-0.05, 0) is 25.6 Å². The molecule has 0 aliphatic rings. The molecule has 106 valence electrons. The van der Waals surface area contributed by atoms with Gasteiger partial charge in [-0.15, -0.1) is 0 Å². The summed E-state index contributed by atoms with van der Waals surface area (Å²) in [7, 11) is 3.47. The Morgan fingerprint density at radius 2 is 1.80 bits per heavy atom. The number of ether oxygens (including phenoxy) is 1. The summed E-state index contributed by atoms with van der Waals surface area (Å²) in [6, 6.07) is 14.8. The van der Waals surface area contributed by atoms with Gasteiger partial charge < -0.3 is 10.1 Å². The normalized spacial score (nSPS) is 14.0. The molecule has 0 heterocycles. The van der Waals surface area contributed by atoms with Crippen LogP contribution in [0.3, 0.4) is 0 Å². The summed E-state index contributed by atoms with van der Waals surface area (Å²) in [4.78, 5) is 0. The highest BCUT2D eigenvalue weighted by molar-refractivity contribution is 5.30. The van der Waals surface area contributed by atoms with Gasteiger partial charge in [0, 0.05) is 12.7 Å². The van der Waals surface area contributed by atoms with E-state index in [-0.39, 0.29) is 18.0 Å². The molecular formula is C17H20FNO. The number of aryl methyl sites for hydroxylation is 1. The van der Waals surface area contributed by atoms with Gasteiger partial charge in [0.05, 0.1) is 6.04 Å². The maximum Gasteiger partial charge on any atom is 0.128 e. The lowest BCUT2D eigenvalue weighted by molar-refractivity contribution is 0.0690. The van der Waals surface area contributed by atoms with Crippen LogP contribution >= 0.6 is 0 Å². The number of hydrogen-bond acceptors (Lipinski definition) is 2. The van der Waals surface area contributed by atoms with Crippen molar-refractivity contribution in [1.82, 2.24) is 5.32 Å². The molecule has 0 radical (unpaired) electrons. The Balaban J connectivity index is 2.42. The number of methoxy groups -OCH3 is 1. The third-order valence-corrected chi connectivity index (χ3v) is 3.48. The molecule has 20 heavy (non-hydrogen) atoms. The van der Waals surface area contributed by atoms with Crippen LogP contribution in [0.2, 0.25) is 0 Å². The number of likely N-dealkylation sites (N-methyl/N-ethyl adjacent to an activating group) is 1. The minimum atomic E-state index is -0.238. The van der Waals surface area contributed by atoms with E-state index in [4.69, 9.17) is 4.74 Å². The predicted octanol–water partition coefficient (Wildman–Crippen LogP) is 3.78. The van der Waals surface area contributed by atoms with E-state index in [9.17, 15) is 4.39 Å². The zero-order valence-corrected chi connectivity index (χ0v) is 12.1. The van der Waals surface area contributed by atoms with Crippen LogP contribution in [0.4, 0.5) is 4.39 Å². The van der Waals surface area contributed by atoms with Crippen molar-refractivity contribution in [1.29, 1.82) is 0 Å². The fraction of sp³-hybridized carbons (Fsp3) is 0.294. The largest absolute Gasteiger partial charge is 0.375 e. The van der Waals surface area contributed by atoms with E-state index < -0.39 is 0 Å². The Morgan fingerprint density at radius 1 is 1.10 bits per heavy atom. The Morgan fingerprint density at radius 3 is 2.40 bits per heavy atom. The predicted molar refractivity (Wildman–Crippen MR) is 79.1 cm³/mol. The van der Waals surface area contributed by atoms with Crippen molar-refractivity contribution in [3.05, 3.63) is 71.0 Å². The molecule has 0 spiro atoms. The molecule has 0 bridgehead atoms. The van der Waals surface area contributed by atoms with Crippen LogP contribution in [0.5, 0.6) is 0 Å². The number of rotatable bonds is 5. The topological polar surface area (TPSA) is 21.3 Å². The zero-order chi connectivity index (χ0) is 14.5. The minimum absolute atomic E-state index is 0.215. The summed E-state index contributed by atoms with van der Waals surface area (Å²) < 4.78 is 19.7. The van der Waals surface area contributed by atoms with Crippen LogP contribution in [-0.4, -0.2) is 14.2 Å². The van der Waals surface area contributed by atoms with Gasteiger partial charge >= 0.3 is 0 Å². The van der Waals surface area contributed by atoms with Gasteiger partial charge in [-0.2, -0.15) is 0 Å². The second kappa shape index (κ2) is 6.64. The third kappa shape index (κ3) is 3.06. The molecule has 0 amide bonds. The van der Waals surface area contributed by atoms with Gasteiger partial charge in [0.1, 0.15) is 11.9 Å². The highest BCUT2D eigenvalue weighted by Gasteiger charge is 2.25. The average Bonchev–Trinajstić information content (AvgIpc) is 2.48. The molecule has 2 aromatic carbocycles. The van der Waals surface area contributed by atoms with Crippen LogP contribution in [0.15, 0.2) is 48.5 Å². The van der Waals surface area contributed by atoms with Crippen LogP contribution in [-0.2, 0) is 4.74 Å². The van der Waals surface area contributed by atoms with E-state index in [1.165, 1.54) is 6.07 Å². The second-order valence-corrected chi connectivity index (χ2v) is 4.86. The van der Waals surface area contributed by atoms with Crippen LogP contribution in [0, 0.1) is 12.7 Å². The van der Waals surface area contributed by atoms with Gasteiger partial charge in [0.25, 0.3) is 0 Å². The first-order valence-electron chi connectivity index (χ1n) is 6.68. The highest BCUT2D eigenvalue weighted by atomic mass is 19.1. The van der Waals surface area contributed by atoms with Gasteiger partial charge in [-0.3, -0.25) is 0 Å². The molecule has 2 aromatic rings. The lowest BCUT2D eigenvalue weighted by Gasteiger charge is -2.27. The summed E-state index contributed by atoms with van der Waals surface area (Å²) in [6.45, 7) is 1.96. The number of nitrogens with one attached hydrogen (secondary N) is 1. The zero-order valence-electron chi connectivity index (χ0n) is 12.1. The van der Waals surface area contributed by atoms with E-state index in [0.717, 1.165) is 11.1 Å². The summed E-state index contributed by atoms with van der Waals surface area (Å²) >= 11 is 0. The maximum absolute atomic E-state index is 14.1. The van der Waals surface area contributed by atoms with Gasteiger partial charge in [0.2, 0.25) is 0 Å². The molecule has 2 atom stereocenters. The highest BCUT2D eigenvalue weighted by Crippen LogP contribution is 2.33. The lowest BCUT2D eigenvalue weighted by Crippen LogP contribution is -2.26. The third-order valence-electron chi connectivity index (χ3n) is 3.48. The first kappa shape index (κ1) is 14.7. The molecule has 2 rings (SSSR count). The quantitative estimate of drug-likeness (QED) is 0.895. The SMILES string of the molecule is CNC(c1cc(C)ccc1F)C(OC)c1ccccc1. The monoisotopic (exact) mass is 273 g/mol. The molecule has 1 N–H and O–H groups in total. The summed E-state index contributed by atoms with van der Waals surface area (Å²) in [5.41, 5.74) is 2.68. The Kier molecular flexibility index (Phi) is 4.88. The lowest BCUT2D eigenvalue weighted by atomic mass is 9.94. The fourth-order valence-corrected chi connectivity index (χ4v) is 2.48. The molecule has 0 saturated carbocycles. The Labute approximate surface area is 119 Å². The van der Waals surface area contributed by atoms with Crippen LogP contribution < -0.4 is 5.32 Å². The smallest absolute Gasteiger partial charge is 0.128 e. The van der Waals surface area contributed by atoms with Crippen LogP contribution in [0.1, 0.15) is 28.8 Å². The average molecular weight is 273 g/mol. The molecule has 0 aromatic heterocycles. The van der Waals surface area contributed by atoms with E-state index in [2.05, 4.69) is 5.32 Å². The van der Waals surface area contributed by atoms with E-state index in [1.807, 2.05) is 50.4 Å². The first-order valence-corrected chi connectivity index (χ1v) is 6.68. The molecule has 3 heteroatoms. The van der Waals surface area contributed by atoms with E-state index >= 15 is 0 Å². The molecule has 0 fully saturated rings. The molecule has 2 unspecified atom stereocenters. The molecule has 0 aliphatic heterocycles. The van der Waals surface area contributed by atoms with Gasteiger partial charge in [-0.25, -0.2) is 4.39 Å². The van der Waals surface area contributed by atoms with Crippen molar-refractivity contribution in [2.75, 3.05) is 14.2 Å². The minimum Gasteiger partial charge on any atom is -0.375 e. The first-order chi connectivity index (χ1) is 9.67. The van der Waals surface area contributed by atoms with Gasteiger partial charge in [-0.1, -0.05) is 48.0 Å². The molecule has 0 saturated heterocycles. The summed E-state index contributed by atoms with van der Waals surface area (Å²) in [5, 5.41) is 3.17. The van der Waals surface area contributed by atoms with E-state index in [0.29, 0.717) is 5.56 Å². The molecule has 2 nitrogen and oxygen atoms in total. The standard InChI is InChI=1S/C17H20FNO/c1-12-9-10-15(18)14(11-12)16(19-2)17(20-3)13-7-5-4-6-8-13/h4-11,16-17,19H,1-3H3. The Bertz CT molecular complexity index is 556. The second-order valence-electron chi connectivity index (χ2n) is 4.86. The van der Waals surface area contributed by atoms with Crippen LogP contribution in [0.25, 0.3) is 0 Å². The fourth-order valence-electron chi connectivity index (χ4n) is 2.48. The van der Waals surface area contributed by atoms with Gasteiger partial charge in [0.15, 0.2) is 0 Å². The number of hydrogen-bond donors (Lipinski definition) is 1. The number of benzene rings is 2. The van der Waals surface area contributed by atoms with Crippen molar-refractivity contribution < 1.29 is 9.13 Å².